The van der Waals surface area contributed by atoms with Gasteiger partial charge in [-0.2, -0.15) is 0 Å². The van der Waals surface area contributed by atoms with E-state index in [1.807, 2.05) is 0 Å². The number of fused-ring (bicyclic) bond motifs is 1. The van der Waals surface area contributed by atoms with Crippen molar-refractivity contribution in [1.82, 2.24) is 10.2 Å². The van der Waals surface area contributed by atoms with Gasteiger partial charge in [0, 0.05) is 50.9 Å². The fourth-order valence-electron chi connectivity index (χ4n) is 3.64. The molecule has 3 heterocycles. The fourth-order valence-corrected chi connectivity index (χ4v) is 3.64. The molecule has 6 heteroatoms. The van der Waals surface area contributed by atoms with Crippen LogP contribution in [0.25, 0.3) is 0 Å². The summed E-state index contributed by atoms with van der Waals surface area (Å²) in [6, 6.07) is 0.654. The van der Waals surface area contributed by atoms with Crippen LogP contribution in [0.3, 0.4) is 0 Å². The number of carbonyl (C=O) groups is 1. The second-order valence-corrected chi connectivity index (χ2v) is 6.40. The van der Waals surface area contributed by atoms with Gasteiger partial charge in [-0.05, 0) is 25.7 Å². The monoisotopic (exact) mass is 298 g/mol. The first kappa shape index (κ1) is 15.2. The van der Waals surface area contributed by atoms with E-state index in [4.69, 9.17) is 14.6 Å². The molecular weight excluding hydrogens is 272 g/mol. The number of nitrogens with one attached hydrogen (secondary N) is 1. The van der Waals surface area contributed by atoms with Crippen molar-refractivity contribution in [2.24, 2.45) is 5.92 Å². The van der Waals surface area contributed by atoms with E-state index in [2.05, 4.69) is 10.2 Å². The molecule has 6 nitrogen and oxygen atoms in total. The molecule has 0 unspecified atom stereocenters. The average Bonchev–Trinajstić information content (AvgIpc) is 2.90. The molecule has 0 aliphatic carbocycles. The number of rotatable bonds is 4. The minimum atomic E-state index is 0.120. The third-order valence-electron chi connectivity index (χ3n) is 4.88. The summed E-state index contributed by atoms with van der Waals surface area (Å²) in [4.78, 5) is 14.7. The molecule has 120 valence electrons. The summed E-state index contributed by atoms with van der Waals surface area (Å²) in [5.74, 6) is 0.311. The van der Waals surface area contributed by atoms with Crippen LogP contribution in [0.5, 0.6) is 0 Å². The molecule has 1 amide bonds. The summed E-state index contributed by atoms with van der Waals surface area (Å²) < 4.78 is 11.1. The van der Waals surface area contributed by atoms with E-state index in [1.165, 1.54) is 0 Å². The van der Waals surface area contributed by atoms with Gasteiger partial charge < -0.3 is 19.9 Å². The molecule has 3 aliphatic heterocycles. The van der Waals surface area contributed by atoms with Gasteiger partial charge in [-0.1, -0.05) is 0 Å². The molecule has 0 saturated carbocycles. The number of ether oxygens (including phenoxy) is 2. The van der Waals surface area contributed by atoms with Gasteiger partial charge in [-0.15, -0.1) is 0 Å². The molecule has 0 aromatic carbocycles. The van der Waals surface area contributed by atoms with Crippen molar-refractivity contribution in [3.05, 3.63) is 0 Å². The second-order valence-electron chi connectivity index (χ2n) is 6.40. The van der Waals surface area contributed by atoms with E-state index in [1.54, 1.807) is 0 Å². The number of morpholine rings is 1. The van der Waals surface area contributed by atoms with Crippen molar-refractivity contribution < 1.29 is 19.4 Å². The maximum atomic E-state index is 12.3. The third kappa shape index (κ3) is 3.74. The van der Waals surface area contributed by atoms with E-state index in [0.29, 0.717) is 32.3 Å². The summed E-state index contributed by atoms with van der Waals surface area (Å²) in [7, 11) is 0. The highest BCUT2D eigenvalue weighted by Crippen LogP contribution is 2.25. The van der Waals surface area contributed by atoms with E-state index in [-0.39, 0.29) is 30.6 Å². The largest absolute Gasteiger partial charge is 0.396 e. The highest BCUT2D eigenvalue weighted by atomic mass is 16.5. The van der Waals surface area contributed by atoms with Gasteiger partial charge in [0.1, 0.15) is 0 Å². The first-order chi connectivity index (χ1) is 10.3. The molecular formula is C15H26N2O4. The predicted octanol–water partition coefficient (Wildman–Crippen LogP) is -0.247. The van der Waals surface area contributed by atoms with Crippen molar-refractivity contribution in [2.75, 3.05) is 39.5 Å². The van der Waals surface area contributed by atoms with Crippen LogP contribution in [0, 0.1) is 5.92 Å². The lowest BCUT2D eigenvalue weighted by Crippen LogP contribution is -2.46. The van der Waals surface area contributed by atoms with Gasteiger partial charge in [0.05, 0.1) is 12.7 Å². The van der Waals surface area contributed by atoms with Crippen molar-refractivity contribution >= 4 is 5.91 Å². The van der Waals surface area contributed by atoms with Crippen LogP contribution in [0.1, 0.15) is 25.7 Å². The molecule has 0 aromatic rings. The molecule has 21 heavy (non-hydrogen) atoms. The molecule has 3 saturated heterocycles. The maximum absolute atomic E-state index is 12.3. The molecule has 0 aromatic heterocycles. The molecule has 2 N–H and O–H groups in total. The lowest BCUT2D eigenvalue weighted by molar-refractivity contribution is -0.128. The third-order valence-corrected chi connectivity index (χ3v) is 4.88. The van der Waals surface area contributed by atoms with Crippen LogP contribution in [0.15, 0.2) is 0 Å². The Morgan fingerprint density at radius 1 is 1.29 bits per heavy atom. The number of carbonyl (C=O) groups excluding carboxylic acids is 1. The summed E-state index contributed by atoms with van der Waals surface area (Å²) in [5, 5.41) is 12.2. The van der Waals surface area contributed by atoms with E-state index in [9.17, 15) is 4.79 Å². The van der Waals surface area contributed by atoms with E-state index < -0.39 is 0 Å². The Labute approximate surface area is 125 Å². The highest BCUT2D eigenvalue weighted by Gasteiger charge is 2.38. The zero-order chi connectivity index (χ0) is 14.7. The first-order valence-electron chi connectivity index (χ1n) is 8.11. The zero-order valence-corrected chi connectivity index (χ0v) is 12.5. The Morgan fingerprint density at radius 2 is 2.10 bits per heavy atom. The van der Waals surface area contributed by atoms with Crippen molar-refractivity contribution in [1.29, 1.82) is 0 Å². The number of amides is 1. The van der Waals surface area contributed by atoms with Crippen LogP contribution in [0.2, 0.25) is 0 Å². The number of nitrogens with zero attached hydrogens (tertiary/aromatic N) is 1. The minimum Gasteiger partial charge on any atom is -0.396 e. The molecule has 3 atom stereocenters. The minimum absolute atomic E-state index is 0.120. The first-order valence-corrected chi connectivity index (χ1v) is 8.11. The highest BCUT2D eigenvalue weighted by molar-refractivity contribution is 5.79. The van der Waals surface area contributed by atoms with Crippen molar-refractivity contribution in [2.45, 2.75) is 43.9 Å². The Balaban J connectivity index is 1.47. The van der Waals surface area contributed by atoms with Crippen molar-refractivity contribution in [3.63, 3.8) is 0 Å². The van der Waals surface area contributed by atoms with Gasteiger partial charge in [0.2, 0.25) is 5.91 Å². The van der Waals surface area contributed by atoms with Crippen LogP contribution in [-0.4, -0.2) is 73.6 Å². The Kier molecular flexibility index (Phi) is 5.11. The SMILES string of the molecule is O=C(N[C@@H]1C[C@H]2CO[C@@H](CCO)CN2C1)C1CCOCC1. The normalized spacial score (nSPS) is 34.6. The number of hydrogen-bond acceptors (Lipinski definition) is 5. The Hall–Kier alpha value is -0.690. The smallest absolute Gasteiger partial charge is 0.223 e. The second kappa shape index (κ2) is 7.05. The molecule has 0 spiro atoms. The zero-order valence-electron chi connectivity index (χ0n) is 12.5. The van der Waals surface area contributed by atoms with Crippen LogP contribution < -0.4 is 5.32 Å². The maximum Gasteiger partial charge on any atom is 0.223 e. The van der Waals surface area contributed by atoms with Gasteiger partial charge >= 0.3 is 0 Å². The summed E-state index contributed by atoms with van der Waals surface area (Å²) in [5.41, 5.74) is 0. The van der Waals surface area contributed by atoms with Crippen LogP contribution in [-0.2, 0) is 14.3 Å². The lowest BCUT2D eigenvalue weighted by Gasteiger charge is -2.34. The van der Waals surface area contributed by atoms with Gasteiger partial charge in [0.25, 0.3) is 0 Å². The lowest BCUT2D eigenvalue weighted by atomic mass is 9.99. The van der Waals surface area contributed by atoms with Gasteiger partial charge in [-0.3, -0.25) is 9.69 Å². The molecule has 0 radical (unpaired) electrons. The molecule has 3 aliphatic rings. The van der Waals surface area contributed by atoms with Crippen LogP contribution >= 0.6 is 0 Å². The Morgan fingerprint density at radius 3 is 2.86 bits per heavy atom. The molecule has 3 rings (SSSR count). The quantitative estimate of drug-likeness (QED) is 0.749. The van der Waals surface area contributed by atoms with Gasteiger partial charge in [0.15, 0.2) is 0 Å². The summed E-state index contributed by atoms with van der Waals surface area (Å²) in [6.45, 7) is 4.07. The molecule has 3 fully saturated rings. The van der Waals surface area contributed by atoms with Crippen LogP contribution in [0.4, 0.5) is 0 Å². The van der Waals surface area contributed by atoms with Gasteiger partial charge in [-0.25, -0.2) is 0 Å². The number of aliphatic hydroxyl groups excluding tert-OH is 1. The average molecular weight is 298 g/mol. The Bertz CT molecular complexity index is 360. The van der Waals surface area contributed by atoms with E-state index in [0.717, 1.165) is 32.4 Å². The number of hydrogen-bond donors (Lipinski definition) is 2. The topological polar surface area (TPSA) is 71.0 Å². The van der Waals surface area contributed by atoms with Crippen molar-refractivity contribution in [3.8, 4) is 0 Å². The summed E-state index contributed by atoms with van der Waals surface area (Å²) >= 11 is 0. The predicted molar refractivity (Wildman–Crippen MR) is 76.9 cm³/mol. The van der Waals surface area contributed by atoms with E-state index >= 15 is 0 Å². The standard InChI is InChI=1S/C15H26N2O4/c18-4-1-14-9-17-8-12(7-13(17)10-21-14)16-15(19)11-2-5-20-6-3-11/h11-14,18H,1-10H2,(H,16,19)/t12-,13+,14+/m1/s1. The summed E-state index contributed by atoms with van der Waals surface area (Å²) in [6.07, 6.45) is 3.49. The molecule has 0 bridgehead atoms. The fraction of sp³-hybridized carbons (Fsp3) is 0.933. The number of aliphatic hydroxyl groups is 1.